The van der Waals surface area contributed by atoms with E-state index in [0.29, 0.717) is 6.61 Å². The number of benzene rings is 1. The van der Waals surface area contributed by atoms with Gasteiger partial charge in [-0.3, -0.25) is 4.98 Å². The molecule has 0 spiro atoms. The van der Waals surface area contributed by atoms with Gasteiger partial charge in [-0.1, -0.05) is 52.8 Å². The highest BCUT2D eigenvalue weighted by molar-refractivity contribution is 5.97. The minimum atomic E-state index is 0.507. The van der Waals surface area contributed by atoms with Crippen LogP contribution in [0, 0.1) is 0 Å². The molecule has 6 heteroatoms. The monoisotopic (exact) mass is 402 g/mol. The number of aryl methyl sites for hydroxylation is 1. The molecule has 0 saturated carbocycles. The molecule has 3 aromatic rings. The Kier molecular flexibility index (Phi) is 7.66. The number of nitrogens with zero attached hydrogens (tertiary/aromatic N) is 4. The summed E-state index contributed by atoms with van der Waals surface area (Å²) in [5.41, 5.74) is 6.10. The predicted octanol–water partition coefficient (Wildman–Crippen LogP) is 4.89. The van der Waals surface area contributed by atoms with E-state index in [2.05, 4.69) is 20.3 Å². The maximum atomic E-state index is 5.51. The van der Waals surface area contributed by atoms with Crippen molar-refractivity contribution >= 4 is 11.4 Å². The Morgan fingerprint density at radius 2 is 1.50 bits per heavy atom. The molecule has 0 radical (unpaired) electrons. The minimum Gasteiger partial charge on any atom is -0.399 e. The number of oxime groups is 2. The average molecular weight is 402 g/mol. The highest BCUT2D eigenvalue weighted by atomic mass is 16.6. The van der Waals surface area contributed by atoms with E-state index in [-0.39, 0.29) is 0 Å². The van der Waals surface area contributed by atoms with Crippen molar-refractivity contribution in [1.82, 2.24) is 9.97 Å². The Labute approximate surface area is 177 Å². The lowest BCUT2D eigenvalue weighted by molar-refractivity contribution is 0.141. The van der Waals surface area contributed by atoms with Gasteiger partial charge in [-0.25, -0.2) is 4.98 Å². The van der Waals surface area contributed by atoms with Crippen molar-refractivity contribution < 1.29 is 9.68 Å². The number of hydrogen-bond donors (Lipinski definition) is 0. The van der Waals surface area contributed by atoms with E-state index in [0.717, 1.165) is 52.6 Å². The quantitative estimate of drug-likeness (QED) is 0.290. The average Bonchev–Trinajstić information content (AvgIpc) is 2.80. The summed E-state index contributed by atoms with van der Waals surface area (Å²) >= 11 is 0. The van der Waals surface area contributed by atoms with Gasteiger partial charge in [-0.2, -0.15) is 0 Å². The van der Waals surface area contributed by atoms with E-state index in [1.807, 2.05) is 80.6 Å². The van der Waals surface area contributed by atoms with E-state index in [1.54, 1.807) is 0 Å². The van der Waals surface area contributed by atoms with Crippen LogP contribution in [0.3, 0.4) is 0 Å². The van der Waals surface area contributed by atoms with Crippen molar-refractivity contribution in [3.05, 3.63) is 83.8 Å². The summed E-state index contributed by atoms with van der Waals surface area (Å²) in [6, 6.07) is 21.9. The van der Waals surface area contributed by atoms with E-state index in [4.69, 9.17) is 9.68 Å². The number of hydrogen-bond acceptors (Lipinski definition) is 6. The van der Waals surface area contributed by atoms with Gasteiger partial charge in [0.15, 0.2) is 0 Å². The summed E-state index contributed by atoms with van der Waals surface area (Å²) in [4.78, 5) is 19.6. The molecule has 0 aliphatic heterocycles. The summed E-state index contributed by atoms with van der Waals surface area (Å²) in [5, 5.41) is 8.15. The molecule has 0 atom stereocenters. The molecule has 2 heterocycles. The summed E-state index contributed by atoms with van der Waals surface area (Å²) in [6.45, 7) is 4.28. The second-order valence-electron chi connectivity index (χ2n) is 6.76. The first-order chi connectivity index (χ1) is 14.7. The SMILES string of the molecule is CON=C(C)c1cccc(CCCON=C(C)c2cccc(-c3ccccc3)n2)n1. The molecule has 6 nitrogen and oxygen atoms in total. The fraction of sp³-hybridized carbons (Fsp3) is 0.250. The topological polar surface area (TPSA) is 69.0 Å². The highest BCUT2D eigenvalue weighted by Gasteiger charge is 2.05. The van der Waals surface area contributed by atoms with Gasteiger partial charge in [0, 0.05) is 11.3 Å². The fourth-order valence-electron chi connectivity index (χ4n) is 2.92. The zero-order chi connectivity index (χ0) is 21.2. The zero-order valence-corrected chi connectivity index (χ0v) is 17.6. The first kappa shape index (κ1) is 21.2. The molecule has 0 saturated heterocycles. The van der Waals surface area contributed by atoms with Crippen molar-refractivity contribution in [2.24, 2.45) is 10.3 Å². The Morgan fingerprint density at radius 3 is 2.27 bits per heavy atom. The van der Waals surface area contributed by atoms with Crippen LogP contribution in [0.4, 0.5) is 0 Å². The van der Waals surface area contributed by atoms with E-state index in [9.17, 15) is 0 Å². The van der Waals surface area contributed by atoms with Crippen LogP contribution < -0.4 is 0 Å². The molecule has 0 aliphatic rings. The minimum absolute atomic E-state index is 0.507. The first-order valence-corrected chi connectivity index (χ1v) is 9.91. The normalized spacial score (nSPS) is 12.0. The maximum Gasteiger partial charge on any atom is 0.117 e. The predicted molar refractivity (Wildman–Crippen MR) is 120 cm³/mol. The van der Waals surface area contributed by atoms with Gasteiger partial charge in [0.2, 0.25) is 0 Å². The molecule has 154 valence electrons. The molecular formula is C24H26N4O2. The smallest absolute Gasteiger partial charge is 0.117 e. The van der Waals surface area contributed by atoms with Crippen LogP contribution in [-0.4, -0.2) is 35.1 Å². The summed E-state index contributed by atoms with van der Waals surface area (Å²) in [6.07, 6.45) is 1.61. The van der Waals surface area contributed by atoms with Gasteiger partial charge in [0.25, 0.3) is 0 Å². The second kappa shape index (κ2) is 10.9. The molecule has 0 fully saturated rings. The number of pyridine rings is 2. The van der Waals surface area contributed by atoms with Crippen molar-refractivity contribution in [1.29, 1.82) is 0 Å². The summed E-state index contributed by atoms with van der Waals surface area (Å²) < 4.78 is 0. The van der Waals surface area contributed by atoms with Crippen LogP contribution in [0.25, 0.3) is 11.3 Å². The highest BCUT2D eigenvalue weighted by Crippen LogP contribution is 2.16. The summed E-state index contributed by atoms with van der Waals surface area (Å²) in [7, 11) is 1.53. The van der Waals surface area contributed by atoms with Crippen molar-refractivity contribution in [2.45, 2.75) is 26.7 Å². The summed E-state index contributed by atoms with van der Waals surface area (Å²) in [5.74, 6) is 0. The number of rotatable bonds is 9. The molecule has 0 amide bonds. The molecule has 2 aromatic heterocycles. The molecule has 3 rings (SSSR count). The Balaban J connectivity index is 1.53. The third-order valence-corrected chi connectivity index (χ3v) is 4.47. The lowest BCUT2D eigenvalue weighted by Crippen LogP contribution is -2.04. The van der Waals surface area contributed by atoms with Crippen LogP contribution in [-0.2, 0) is 16.1 Å². The molecule has 0 N–H and O–H groups in total. The lowest BCUT2D eigenvalue weighted by atomic mass is 10.1. The van der Waals surface area contributed by atoms with Gasteiger partial charge in [0.05, 0.1) is 17.1 Å². The molecule has 30 heavy (non-hydrogen) atoms. The van der Waals surface area contributed by atoms with Crippen LogP contribution in [0.5, 0.6) is 0 Å². The van der Waals surface area contributed by atoms with E-state index < -0.39 is 0 Å². The number of aromatic nitrogens is 2. The second-order valence-corrected chi connectivity index (χ2v) is 6.76. The van der Waals surface area contributed by atoms with Gasteiger partial charge in [-0.05, 0) is 51.0 Å². The van der Waals surface area contributed by atoms with Crippen LogP contribution in [0.2, 0.25) is 0 Å². The first-order valence-electron chi connectivity index (χ1n) is 9.91. The fourth-order valence-corrected chi connectivity index (χ4v) is 2.92. The van der Waals surface area contributed by atoms with Crippen LogP contribution >= 0.6 is 0 Å². The van der Waals surface area contributed by atoms with Crippen LogP contribution in [0.15, 0.2) is 77.0 Å². The molecule has 0 unspecified atom stereocenters. The molecular weight excluding hydrogens is 376 g/mol. The van der Waals surface area contributed by atoms with Gasteiger partial charge in [-0.15, -0.1) is 0 Å². The molecule has 0 bridgehead atoms. The third-order valence-electron chi connectivity index (χ3n) is 4.47. The van der Waals surface area contributed by atoms with Crippen LogP contribution in [0.1, 0.15) is 37.4 Å². The van der Waals surface area contributed by atoms with E-state index in [1.165, 1.54) is 7.11 Å². The van der Waals surface area contributed by atoms with Gasteiger partial charge in [0.1, 0.15) is 25.1 Å². The van der Waals surface area contributed by atoms with Crippen molar-refractivity contribution in [2.75, 3.05) is 13.7 Å². The maximum absolute atomic E-state index is 5.51. The van der Waals surface area contributed by atoms with Gasteiger partial charge < -0.3 is 9.68 Å². The zero-order valence-electron chi connectivity index (χ0n) is 17.6. The Morgan fingerprint density at radius 1 is 0.800 bits per heavy atom. The standard InChI is InChI=1S/C24H26N4O2/c1-18(27-29-3)22-14-7-12-21(25-22)13-9-17-30-28-19(2)23-15-8-16-24(26-23)20-10-5-4-6-11-20/h4-8,10-12,14-16H,9,13,17H2,1-3H3. The van der Waals surface area contributed by atoms with Gasteiger partial charge >= 0.3 is 0 Å². The molecule has 1 aromatic carbocycles. The van der Waals surface area contributed by atoms with Crippen molar-refractivity contribution in [3.8, 4) is 11.3 Å². The molecule has 0 aliphatic carbocycles. The largest absolute Gasteiger partial charge is 0.399 e. The Bertz CT molecular complexity index is 1020. The lowest BCUT2D eigenvalue weighted by Gasteiger charge is -2.06. The Hall–Kier alpha value is -3.54. The third kappa shape index (κ3) is 5.98. The van der Waals surface area contributed by atoms with E-state index >= 15 is 0 Å². The van der Waals surface area contributed by atoms with Crippen molar-refractivity contribution in [3.63, 3.8) is 0 Å².